The fourth-order valence-corrected chi connectivity index (χ4v) is 1.38. The van der Waals surface area contributed by atoms with E-state index in [9.17, 15) is 4.79 Å². The summed E-state index contributed by atoms with van der Waals surface area (Å²) in [6, 6.07) is -0.721. The van der Waals surface area contributed by atoms with Crippen molar-refractivity contribution in [1.82, 2.24) is 15.0 Å². The number of carboxylic acid groups (broad SMARTS) is 1. The summed E-state index contributed by atoms with van der Waals surface area (Å²) < 4.78 is 0. The normalized spacial score (nSPS) is 12.3. The van der Waals surface area contributed by atoms with Gasteiger partial charge in [-0.3, -0.25) is 0 Å². The molecule has 18 heavy (non-hydrogen) atoms. The average Bonchev–Trinajstić information content (AvgIpc) is 2.24. The van der Waals surface area contributed by atoms with E-state index in [1.165, 1.54) is 0 Å². The molecule has 0 bridgehead atoms. The van der Waals surface area contributed by atoms with Crippen molar-refractivity contribution in [3.63, 3.8) is 0 Å². The predicted octanol–water partition coefficient (Wildman–Crippen LogP) is 0.767. The minimum Gasteiger partial charge on any atom is -0.480 e. The van der Waals surface area contributed by atoms with Crippen LogP contribution in [0.5, 0.6) is 0 Å². The number of carboxylic acids is 1. The Labute approximate surface area is 106 Å². The van der Waals surface area contributed by atoms with Gasteiger partial charge in [0.05, 0.1) is 0 Å². The molecule has 2 N–H and O–H groups in total. The van der Waals surface area contributed by atoms with E-state index in [4.69, 9.17) is 5.11 Å². The first-order valence-corrected chi connectivity index (χ1v) is 5.70. The maximum atomic E-state index is 11.1. The average molecular weight is 253 g/mol. The van der Waals surface area contributed by atoms with Crippen LogP contribution in [0.25, 0.3) is 0 Å². The molecule has 1 aromatic rings. The second kappa shape index (κ2) is 5.61. The standard InChI is InChI=1S/C11H19N5O2/c1-6(2)8(9(17)18)14-10-12-7(3)13-11(15-10)16(4)5/h6,8H,1-5H3,(H,17,18)(H,12,13,14,15)/t8-/m1/s1. The monoisotopic (exact) mass is 253 g/mol. The highest BCUT2D eigenvalue weighted by molar-refractivity contribution is 5.76. The van der Waals surface area contributed by atoms with E-state index >= 15 is 0 Å². The first-order chi connectivity index (χ1) is 8.31. The zero-order chi connectivity index (χ0) is 13.9. The van der Waals surface area contributed by atoms with Crippen molar-refractivity contribution in [1.29, 1.82) is 0 Å². The maximum absolute atomic E-state index is 11.1. The number of anilines is 2. The van der Waals surface area contributed by atoms with E-state index in [1.807, 2.05) is 27.9 Å². The molecule has 0 saturated heterocycles. The quantitative estimate of drug-likeness (QED) is 0.800. The molecule has 0 spiro atoms. The molecule has 1 atom stereocenters. The Hall–Kier alpha value is -1.92. The number of aliphatic carboxylic acids is 1. The van der Waals surface area contributed by atoms with Crippen LogP contribution in [0.4, 0.5) is 11.9 Å². The maximum Gasteiger partial charge on any atom is 0.326 e. The molecular formula is C11H19N5O2. The topological polar surface area (TPSA) is 91.2 Å². The van der Waals surface area contributed by atoms with Crippen molar-refractivity contribution in [3.8, 4) is 0 Å². The number of hydrogen-bond acceptors (Lipinski definition) is 6. The van der Waals surface area contributed by atoms with Crippen LogP contribution in [0.1, 0.15) is 19.7 Å². The minimum atomic E-state index is -0.922. The van der Waals surface area contributed by atoms with Crippen molar-refractivity contribution in [3.05, 3.63) is 5.82 Å². The smallest absolute Gasteiger partial charge is 0.326 e. The van der Waals surface area contributed by atoms with Crippen LogP contribution in [0.15, 0.2) is 0 Å². The molecule has 7 heteroatoms. The molecular weight excluding hydrogens is 234 g/mol. The van der Waals surface area contributed by atoms with Crippen LogP contribution in [-0.4, -0.2) is 46.2 Å². The van der Waals surface area contributed by atoms with Crippen LogP contribution in [0.3, 0.4) is 0 Å². The number of aryl methyl sites for hydroxylation is 1. The van der Waals surface area contributed by atoms with Gasteiger partial charge in [-0.1, -0.05) is 13.8 Å². The number of hydrogen-bond donors (Lipinski definition) is 2. The lowest BCUT2D eigenvalue weighted by Crippen LogP contribution is -2.35. The fourth-order valence-electron chi connectivity index (χ4n) is 1.38. The van der Waals surface area contributed by atoms with Crippen LogP contribution in [-0.2, 0) is 4.79 Å². The van der Waals surface area contributed by atoms with Gasteiger partial charge in [0.15, 0.2) is 0 Å². The summed E-state index contributed by atoms with van der Waals surface area (Å²) in [5, 5.41) is 11.9. The lowest BCUT2D eigenvalue weighted by Gasteiger charge is -2.19. The molecule has 0 radical (unpaired) electrons. The second-order valence-corrected chi connectivity index (χ2v) is 4.60. The Morgan fingerprint density at radius 3 is 2.33 bits per heavy atom. The first-order valence-electron chi connectivity index (χ1n) is 5.70. The molecule has 1 aromatic heterocycles. The van der Waals surface area contributed by atoms with Gasteiger partial charge in [0, 0.05) is 14.1 Å². The highest BCUT2D eigenvalue weighted by atomic mass is 16.4. The predicted molar refractivity (Wildman–Crippen MR) is 68.8 cm³/mol. The van der Waals surface area contributed by atoms with E-state index in [-0.39, 0.29) is 11.9 Å². The Morgan fingerprint density at radius 2 is 1.89 bits per heavy atom. The summed E-state index contributed by atoms with van der Waals surface area (Å²) in [4.78, 5) is 25.3. The van der Waals surface area contributed by atoms with Gasteiger partial charge >= 0.3 is 5.97 Å². The van der Waals surface area contributed by atoms with E-state index in [2.05, 4.69) is 20.3 Å². The third kappa shape index (κ3) is 3.54. The summed E-state index contributed by atoms with van der Waals surface area (Å²) in [5.41, 5.74) is 0. The third-order valence-corrected chi connectivity index (χ3v) is 2.35. The Balaban J connectivity index is 2.99. The SMILES string of the molecule is Cc1nc(N[C@@H](C(=O)O)C(C)C)nc(N(C)C)n1. The van der Waals surface area contributed by atoms with E-state index < -0.39 is 12.0 Å². The van der Waals surface area contributed by atoms with Crippen LogP contribution >= 0.6 is 0 Å². The van der Waals surface area contributed by atoms with Crippen molar-refractivity contribution < 1.29 is 9.90 Å². The molecule has 0 fully saturated rings. The van der Waals surface area contributed by atoms with Gasteiger partial charge in [-0.2, -0.15) is 15.0 Å². The van der Waals surface area contributed by atoms with E-state index in [0.717, 1.165) is 0 Å². The molecule has 0 aliphatic rings. The molecule has 0 unspecified atom stereocenters. The summed E-state index contributed by atoms with van der Waals surface area (Å²) in [6.45, 7) is 5.39. The van der Waals surface area contributed by atoms with Crippen LogP contribution in [0, 0.1) is 12.8 Å². The largest absolute Gasteiger partial charge is 0.480 e. The summed E-state index contributed by atoms with van der Waals surface area (Å²) in [6.07, 6.45) is 0. The second-order valence-electron chi connectivity index (χ2n) is 4.60. The Bertz CT molecular complexity index is 433. The number of nitrogens with one attached hydrogen (secondary N) is 1. The molecule has 0 saturated carbocycles. The molecule has 100 valence electrons. The molecule has 0 aliphatic carbocycles. The fraction of sp³-hybridized carbons (Fsp3) is 0.636. The number of carbonyl (C=O) groups is 1. The van der Waals surface area contributed by atoms with Crippen molar-refractivity contribution >= 4 is 17.9 Å². The van der Waals surface area contributed by atoms with Gasteiger partial charge < -0.3 is 15.3 Å². The summed E-state index contributed by atoms with van der Waals surface area (Å²) >= 11 is 0. The van der Waals surface area contributed by atoms with Gasteiger partial charge in [0.2, 0.25) is 11.9 Å². The zero-order valence-electron chi connectivity index (χ0n) is 11.3. The first kappa shape index (κ1) is 14.1. The van der Waals surface area contributed by atoms with Gasteiger partial charge in [-0.15, -0.1) is 0 Å². The molecule has 0 amide bonds. The Morgan fingerprint density at radius 1 is 1.28 bits per heavy atom. The number of aromatic nitrogens is 3. The van der Waals surface area contributed by atoms with Gasteiger partial charge in [0.25, 0.3) is 0 Å². The highest BCUT2D eigenvalue weighted by Gasteiger charge is 2.22. The molecule has 0 aromatic carbocycles. The molecule has 1 heterocycles. The van der Waals surface area contributed by atoms with Crippen molar-refractivity contribution in [2.45, 2.75) is 26.8 Å². The van der Waals surface area contributed by atoms with Gasteiger partial charge in [0.1, 0.15) is 11.9 Å². The van der Waals surface area contributed by atoms with Crippen LogP contribution in [0.2, 0.25) is 0 Å². The number of rotatable bonds is 5. The highest BCUT2D eigenvalue weighted by Crippen LogP contribution is 2.12. The minimum absolute atomic E-state index is 0.0672. The van der Waals surface area contributed by atoms with Crippen LogP contribution < -0.4 is 10.2 Å². The van der Waals surface area contributed by atoms with Gasteiger partial charge in [-0.05, 0) is 12.8 Å². The molecule has 1 rings (SSSR count). The Kier molecular flexibility index (Phi) is 4.41. The third-order valence-electron chi connectivity index (χ3n) is 2.35. The van der Waals surface area contributed by atoms with Crippen molar-refractivity contribution in [2.24, 2.45) is 5.92 Å². The zero-order valence-corrected chi connectivity index (χ0v) is 11.3. The van der Waals surface area contributed by atoms with Gasteiger partial charge in [-0.25, -0.2) is 4.79 Å². The summed E-state index contributed by atoms with van der Waals surface area (Å²) in [5.74, 6) is 0.339. The number of nitrogens with zero attached hydrogens (tertiary/aromatic N) is 4. The molecule has 7 nitrogen and oxygen atoms in total. The lowest BCUT2D eigenvalue weighted by molar-refractivity contribution is -0.138. The van der Waals surface area contributed by atoms with E-state index in [1.54, 1.807) is 11.8 Å². The lowest BCUT2D eigenvalue weighted by atomic mass is 10.1. The van der Waals surface area contributed by atoms with E-state index in [0.29, 0.717) is 11.8 Å². The summed E-state index contributed by atoms with van der Waals surface area (Å²) in [7, 11) is 3.63. The molecule has 0 aliphatic heterocycles. The van der Waals surface area contributed by atoms with Crippen molar-refractivity contribution in [2.75, 3.05) is 24.3 Å².